The molecule has 3 N–H and O–H groups in total. The summed E-state index contributed by atoms with van der Waals surface area (Å²) in [6.07, 6.45) is 0.611. The third-order valence-corrected chi connectivity index (χ3v) is 7.25. The van der Waals surface area contributed by atoms with Crippen molar-refractivity contribution in [3.63, 3.8) is 0 Å². The van der Waals surface area contributed by atoms with Crippen molar-refractivity contribution >= 4 is 22.7 Å². The van der Waals surface area contributed by atoms with Gasteiger partial charge in [0.05, 0.1) is 24.0 Å². The summed E-state index contributed by atoms with van der Waals surface area (Å²) >= 11 is 0. The number of rotatable bonds is 11. The molecule has 1 atom stereocenters. The minimum atomic E-state index is -1.24. The predicted octanol–water partition coefficient (Wildman–Crippen LogP) is 4.46. The molecule has 1 aliphatic rings. The normalized spacial score (nSPS) is 13.6. The fourth-order valence-corrected chi connectivity index (χ4v) is 5.05. The Kier molecular flexibility index (Phi) is 8.00. The Morgan fingerprint density at radius 2 is 1.63 bits per heavy atom. The molecule has 1 amide bonds. The Hall–Kier alpha value is -4.73. The Morgan fingerprint density at radius 3 is 2.17 bits per heavy atom. The molecule has 4 aromatic rings. The second-order valence-electron chi connectivity index (χ2n) is 10.6. The van der Waals surface area contributed by atoms with Gasteiger partial charge in [0, 0.05) is 30.3 Å². The second-order valence-corrected chi connectivity index (χ2v) is 10.6. The van der Waals surface area contributed by atoms with E-state index in [1.807, 2.05) is 60.7 Å². The molecule has 10 heteroatoms. The molecule has 1 saturated carbocycles. The van der Waals surface area contributed by atoms with Crippen LogP contribution in [0.1, 0.15) is 42.9 Å². The maximum atomic E-state index is 15.5. The summed E-state index contributed by atoms with van der Waals surface area (Å²) in [5.41, 5.74) is 0.721. The molecule has 0 spiro atoms. The highest BCUT2D eigenvalue weighted by molar-refractivity contribution is 6.01. The van der Waals surface area contributed by atoms with Gasteiger partial charge in [0.15, 0.2) is 0 Å². The van der Waals surface area contributed by atoms with Gasteiger partial charge in [-0.25, -0.2) is 14.0 Å². The Labute approximate surface area is 236 Å². The highest BCUT2D eigenvalue weighted by Gasteiger charge is 2.27. The Balaban J connectivity index is 1.65. The molecule has 1 aliphatic carbocycles. The summed E-state index contributed by atoms with van der Waals surface area (Å²) in [7, 11) is 0. The number of hydrogen-bond donors (Lipinski definition) is 3. The third-order valence-electron chi connectivity index (χ3n) is 7.25. The first kappa shape index (κ1) is 27.8. The van der Waals surface area contributed by atoms with Gasteiger partial charge in [-0.05, 0) is 48.9 Å². The number of fused-ring (bicyclic) bond motifs is 1. The van der Waals surface area contributed by atoms with Crippen LogP contribution in [0, 0.1) is 17.1 Å². The van der Waals surface area contributed by atoms with Crippen LogP contribution in [-0.4, -0.2) is 32.2 Å². The van der Waals surface area contributed by atoms with Gasteiger partial charge in [0.25, 0.3) is 5.56 Å². The van der Waals surface area contributed by atoms with E-state index >= 15 is 4.39 Å². The van der Waals surface area contributed by atoms with Crippen LogP contribution in [0.15, 0.2) is 82.4 Å². The first-order chi connectivity index (χ1) is 19.7. The number of hydrogen-bond acceptors (Lipinski definition) is 5. The van der Waals surface area contributed by atoms with Crippen molar-refractivity contribution in [2.45, 2.75) is 51.9 Å². The zero-order chi connectivity index (χ0) is 29.1. The molecule has 0 aliphatic heterocycles. The topological polar surface area (TPSA) is 120 Å². The maximum absolute atomic E-state index is 15.5. The zero-order valence-corrected chi connectivity index (χ0v) is 22.7. The Morgan fingerprint density at radius 1 is 1.05 bits per heavy atom. The quantitative estimate of drug-likeness (QED) is 0.235. The van der Waals surface area contributed by atoms with E-state index in [-0.39, 0.29) is 47.6 Å². The van der Waals surface area contributed by atoms with Crippen LogP contribution < -0.4 is 21.6 Å². The van der Waals surface area contributed by atoms with Crippen molar-refractivity contribution < 1.29 is 14.3 Å². The van der Waals surface area contributed by atoms with Crippen molar-refractivity contribution in [1.29, 1.82) is 5.41 Å². The molecule has 5 rings (SSSR count). The van der Waals surface area contributed by atoms with Crippen molar-refractivity contribution in [3.05, 3.63) is 116 Å². The SMILES string of the molecule is C[C@@H](CC(=N)c1cc2c(cc1F)c(=O)n(N(Cc1ccccc1)Cc1ccccc1)c(=O)n2CC1CC1)NC(=O)O. The highest BCUT2D eigenvalue weighted by Crippen LogP contribution is 2.31. The second kappa shape index (κ2) is 11.8. The molecule has 0 unspecified atom stereocenters. The molecule has 3 aromatic carbocycles. The predicted molar refractivity (Wildman–Crippen MR) is 156 cm³/mol. The molecule has 0 radical (unpaired) electrons. The van der Waals surface area contributed by atoms with Crippen LogP contribution in [0.25, 0.3) is 10.9 Å². The molecule has 1 heterocycles. The van der Waals surface area contributed by atoms with Gasteiger partial charge in [-0.2, -0.15) is 4.68 Å². The molecule has 212 valence electrons. The van der Waals surface area contributed by atoms with Crippen LogP contribution in [0.5, 0.6) is 0 Å². The van der Waals surface area contributed by atoms with Gasteiger partial charge < -0.3 is 15.8 Å². The lowest BCUT2D eigenvalue weighted by Crippen LogP contribution is -2.52. The average Bonchev–Trinajstić information content (AvgIpc) is 3.76. The van der Waals surface area contributed by atoms with E-state index in [4.69, 9.17) is 10.5 Å². The summed E-state index contributed by atoms with van der Waals surface area (Å²) in [5, 5.41) is 21.4. The van der Waals surface area contributed by atoms with Crippen LogP contribution in [0.4, 0.5) is 9.18 Å². The van der Waals surface area contributed by atoms with Gasteiger partial charge in [-0.1, -0.05) is 60.7 Å². The van der Waals surface area contributed by atoms with Crippen LogP contribution in [-0.2, 0) is 19.6 Å². The van der Waals surface area contributed by atoms with E-state index in [0.29, 0.717) is 6.54 Å². The summed E-state index contributed by atoms with van der Waals surface area (Å²) in [5.74, 6) is -0.505. The van der Waals surface area contributed by atoms with E-state index in [9.17, 15) is 14.4 Å². The third kappa shape index (κ3) is 6.37. The monoisotopic (exact) mass is 557 g/mol. The summed E-state index contributed by atoms with van der Waals surface area (Å²) in [4.78, 5) is 39.1. The van der Waals surface area contributed by atoms with E-state index in [2.05, 4.69) is 5.32 Å². The van der Waals surface area contributed by atoms with E-state index < -0.39 is 29.2 Å². The van der Waals surface area contributed by atoms with Crippen LogP contribution in [0.3, 0.4) is 0 Å². The largest absolute Gasteiger partial charge is 0.465 e. The molecular weight excluding hydrogens is 525 g/mol. The molecule has 9 nitrogen and oxygen atoms in total. The van der Waals surface area contributed by atoms with Gasteiger partial charge in [0.2, 0.25) is 0 Å². The summed E-state index contributed by atoms with van der Waals surface area (Å²) in [6, 6.07) is 20.9. The summed E-state index contributed by atoms with van der Waals surface area (Å²) < 4.78 is 18.1. The summed E-state index contributed by atoms with van der Waals surface area (Å²) in [6.45, 7) is 2.51. The van der Waals surface area contributed by atoms with Gasteiger partial charge >= 0.3 is 11.8 Å². The van der Waals surface area contributed by atoms with Crippen LogP contribution >= 0.6 is 0 Å². The van der Waals surface area contributed by atoms with Gasteiger partial charge in [-0.3, -0.25) is 14.4 Å². The lowest BCUT2D eigenvalue weighted by atomic mass is 10.0. The number of nitrogens with zero attached hydrogens (tertiary/aromatic N) is 3. The lowest BCUT2D eigenvalue weighted by molar-refractivity contribution is 0.191. The average molecular weight is 558 g/mol. The number of halogens is 1. The molecule has 0 saturated heterocycles. The molecular formula is C31H32FN5O4. The van der Waals surface area contributed by atoms with E-state index in [1.54, 1.807) is 11.9 Å². The number of amides is 1. The van der Waals surface area contributed by atoms with E-state index in [0.717, 1.165) is 34.7 Å². The van der Waals surface area contributed by atoms with Crippen molar-refractivity contribution in [3.8, 4) is 0 Å². The van der Waals surface area contributed by atoms with Gasteiger partial charge in [0.1, 0.15) is 5.82 Å². The number of nitrogens with one attached hydrogen (secondary N) is 2. The minimum Gasteiger partial charge on any atom is -0.465 e. The number of benzene rings is 3. The van der Waals surface area contributed by atoms with Gasteiger partial charge in [-0.15, -0.1) is 0 Å². The molecule has 41 heavy (non-hydrogen) atoms. The molecule has 1 aromatic heterocycles. The zero-order valence-electron chi connectivity index (χ0n) is 22.7. The number of aromatic nitrogens is 2. The molecule has 1 fully saturated rings. The van der Waals surface area contributed by atoms with Crippen LogP contribution in [0.2, 0.25) is 0 Å². The standard InChI is InChI=1S/C31H32FN5O4/c1-20(34-30(39)40)14-27(33)24-16-28-25(15-26(24)32)29(38)37(31(41)36(28)19-23-12-13-23)35(17-21-8-4-2-5-9-21)18-22-10-6-3-7-11-22/h2-11,15-16,20,23,33-34H,12-14,17-19H2,1H3,(H,39,40)/t20-/m0/s1. The lowest BCUT2D eigenvalue weighted by Gasteiger charge is -2.27. The maximum Gasteiger partial charge on any atom is 0.404 e. The van der Waals surface area contributed by atoms with Crippen molar-refractivity contribution in [1.82, 2.24) is 14.6 Å². The number of carbonyl (C=O) groups is 1. The minimum absolute atomic E-state index is 0.0436. The first-order valence-corrected chi connectivity index (χ1v) is 13.6. The number of carboxylic acid groups (broad SMARTS) is 1. The van der Waals surface area contributed by atoms with E-state index in [1.165, 1.54) is 10.6 Å². The fraction of sp³-hybridized carbons (Fsp3) is 0.290. The van der Waals surface area contributed by atoms with Crippen molar-refractivity contribution in [2.75, 3.05) is 5.01 Å². The smallest absolute Gasteiger partial charge is 0.404 e. The fourth-order valence-electron chi connectivity index (χ4n) is 5.05. The Bertz CT molecular complexity index is 1660. The molecule has 0 bridgehead atoms. The van der Waals surface area contributed by atoms with Crippen molar-refractivity contribution in [2.24, 2.45) is 5.92 Å². The highest BCUT2D eigenvalue weighted by atomic mass is 19.1. The first-order valence-electron chi connectivity index (χ1n) is 13.6.